The number of rotatable bonds is 6. The van der Waals surface area contributed by atoms with E-state index in [-0.39, 0.29) is 0 Å². The predicted octanol–water partition coefficient (Wildman–Crippen LogP) is 2.96. The van der Waals surface area contributed by atoms with Crippen LogP contribution in [0.5, 0.6) is 0 Å². The van der Waals surface area contributed by atoms with Crippen LogP contribution >= 0.6 is 0 Å². The molecule has 2 atom stereocenters. The van der Waals surface area contributed by atoms with Crippen LogP contribution in [0.1, 0.15) is 51.9 Å². The van der Waals surface area contributed by atoms with Gasteiger partial charge in [-0.15, -0.1) is 0 Å². The van der Waals surface area contributed by atoms with E-state index < -0.39 is 0 Å². The number of methoxy groups -OCH3 is 1. The second-order valence-electron chi connectivity index (χ2n) is 5.17. The van der Waals surface area contributed by atoms with E-state index in [1.165, 1.54) is 44.9 Å². The van der Waals surface area contributed by atoms with Crippen molar-refractivity contribution >= 4 is 0 Å². The molecule has 1 aliphatic carbocycles. The maximum absolute atomic E-state index is 6.00. The first-order valence-corrected chi connectivity index (χ1v) is 6.45. The lowest BCUT2D eigenvalue weighted by Gasteiger charge is -2.40. The normalized spacial score (nSPS) is 31.8. The minimum Gasteiger partial charge on any atom is -0.385 e. The lowest BCUT2D eigenvalue weighted by atomic mass is 9.67. The first kappa shape index (κ1) is 13.0. The van der Waals surface area contributed by atoms with Crippen LogP contribution in [0, 0.1) is 11.3 Å². The molecular weight excluding hydrogens is 186 g/mol. The molecule has 1 fully saturated rings. The molecule has 0 aromatic heterocycles. The van der Waals surface area contributed by atoms with Gasteiger partial charge >= 0.3 is 0 Å². The van der Waals surface area contributed by atoms with E-state index in [4.69, 9.17) is 10.5 Å². The van der Waals surface area contributed by atoms with Crippen molar-refractivity contribution < 1.29 is 4.74 Å². The highest BCUT2D eigenvalue weighted by Crippen LogP contribution is 2.43. The van der Waals surface area contributed by atoms with Gasteiger partial charge in [-0.1, -0.05) is 26.2 Å². The Kier molecular flexibility index (Phi) is 5.62. The van der Waals surface area contributed by atoms with Crippen molar-refractivity contribution in [1.29, 1.82) is 0 Å². The van der Waals surface area contributed by atoms with Crippen LogP contribution < -0.4 is 5.73 Å². The van der Waals surface area contributed by atoms with Gasteiger partial charge in [0.15, 0.2) is 0 Å². The van der Waals surface area contributed by atoms with Gasteiger partial charge in [0.2, 0.25) is 0 Å². The molecule has 2 N–H and O–H groups in total. The molecule has 0 heterocycles. The largest absolute Gasteiger partial charge is 0.385 e. The third-order valence-electron chi connectivity index (χ3n) is 4.11. The van der Waals surface area contributed by atoms with Gasteiger partial charge in [-0.2, -0.15) is 0 Å². The van der Waals surface area contributed by atoms with Crippen molar-refractivity contribution in [2.24, 2.45) is 17.1 Å². The third kappa shape index (κ3) is 3.76. The number of nitrogens with two attached hydrogens (primary N) is 1. The van der Waals surface area contributed by atoms with Crippen LogP contribution in [0.25, 0.3) is 0 Å². The molecule has 0 radical (unpaired) electrons. The summed E-state index contributed by atoms with van der Waals surface area (Å²) in [5.41, 5.74) is 6.44. The molecule has 90 valence electrons. The van der Waals surface area contributed by atoms with Gasteiger partial charge in [0.25, 0.3) is 0 Å². The standard InChI is InChI=1S/C13H27NO/c1-3-12-6-4-7-13(10-12,11-14)8-5-9-15-2/h12H,3-11,14H2,1-2H3. The Labute approximate surface area is 94.6 Å². The molecule has 0 bridgehead atoms. The van der Waals surface area contributed by atoms with Crippen LogP contribution in [-0.4, -0.2) is 20.3 Å². The molecule has 1 rings (SSSR count). The molecular formula is C13H27NO. The van der Waals surface area contributed by atoms with Gasteiger partial charge < -0.3 is 10.5 Å². The van der Waals surface area contributed by atoms with Crippen LogP contribution in [0.4, 0.5) is 0 Å². The summed E-state index contributed by atoms with van der Waals surface area (Å²) in [6, 6.07) is 0. The van der Waals surface area contributed by atoms with E-state index in [1.54, 1.807) is 7.11 Å². The van der Waals surface area contributed by atoms with E-state index >= 15 is 0 Å². The van der Waals surface area contributed by atoms with E-state index in [0.29, 0.717) is 5.41 Å². The summed E-state index contributed by atoms with van der Waals surface area (Å²) in [4.78, 5) is 0. The lowest BCUT2D eigenvalue weighted by Crippen LogP contribution is -2.36. The molecule has 2 heteroatoms. The van der Waals surface area contributed by atoms with Crippen LogP contribution in [0.15, 0.2) is 0 Å². The minimum atomic E-state index is 0.442. The van der Waals surface area contributed by atoms with Gasteiger partial charge in [-0.25, -0.2) is 0 Å². The van der Waals surface area contributed by atoms with Crippen LogP contribution in [0.3, 0.4) is 0 Å². The Bertz CT molecular complexity index is 172. The van der Waals surface area contributed by atoms with Crippen molar-refractivity contribution in [2.45, 2.75) is 51.9 Å². The van der Waals surface area contributed by atoms with Crippen LogP contribution in [0.2, 0.25) is 0 Å². The van der Waals surface area contributed by atoms with Gasteiger partial charge in [-0.05, 0) is 43.6 Å². The second kappa shape index (κ2) is 6.49. The fourth-order valence-corrected chi connectivity index (χ4v) is 3.04. The van der Waals surface area contributed by atoms with E-state index in [1.807, 2.05) is 0 Å². The summed E-state index contributed by atoms with van der Waals surface area (Å²) in [6.45, 7) is 4.07. The molecule has 2 nitrogen and oxygen atoms in total. The zero-order chi connectivity index (χ0) is 11.1. The third-order valence-corrected chi connectivity index (χ3v) is 4.11. The van der Waals surface area contributed by atoms with Gasteiger partial charge in [0, 0.05) is 13.7 Å². The Morgan fingerprint density at radius 3 is 2.87 bits per heavy atom. The molecule has 1 aliphatic rings. The summed E-state index contributed by atoms with van der Waals surface area (Å²) in [5.74, 6) is 0.921. The van der Waals surface area contributed by atoms with Gasteiger partial charge in [0.05, 0.1) is 0 Å². The van der Waals surface area contributed by atoms with Crippen molar-refractivity contribution in [3.63, 3.8) is 0 Å². The first-order chi connectivity index (χ1) is 7.26. The fourth-order valence-electron chi connectivity index (χ4n) is 3.04. The Hall–Kier alpha value is -0.0800. The Morgan fingerprint density at radius 2 is 2.27 bits per heavy atom. The highest BCUT2D eigenvalue weighted by Gasteiger charge is 2.33. The molecule has 0 aliphatic heterocycles. The highest BCUT2D eigenvalue weighted by atomic mass is 16.5. The summed E-state index contributed by atoms with van der Waals surface area (Å²) >= 11 is 0. The second-order valence-corrected chi connectivity index (χ2v) is 5.17. The maximum Gasteiger partial charge on any atom is 0.0462 e. The maximum atomic E-state index is 6.00. The van der Waals surface area contributed by atoms with E-state index in [2.05, 4.69) is 6.92 Å². The predicted molar refractivity (Wildman–Crippen MR) is 64.8 cm³/mol. The Morgan fingerprint density at radius 1 is 1.47 bits per heavy atom. The van der Waals surface area contributed by atoms with Gasteiger partial charge in [0.1, 0.15) is 0 Å². The Balaban J connectivity index is 2.43. The number of ether oxygens (including phenoxy) is 1. The lowest BCUT2D eigenvalue weighted by molar-refractivity contribution is 0.109. The van der Waals surface area contributed by atoms with Crippen molar-refractivity contribution in [1.82, 2.24) is 0 Å². The zero-order valence-corrected chi connectivity index (χ0v) is 10.4. The summed E-state index contributed by atoms with van der Waals surface area (Å²) in [7, 11) is 1.78. The van der Waals surface area contributed by atoms with E-state index in [9.17, 15) is 0 Å². The molecule has 2 unspecified atom stereocenters. The summed E-state index contributed by atoms with van der Waals surface area (Å²) in [6.07, 6.45) is 9.24. The summed E-state index contributed by atoms with van der Waals surface area (Å²) < 4.78 is 5.13. The average Bonchev–Trinajstić information content (AvgIpc) is 2.30. The SMILES string of the molecule is CCC1CCCC(CN)(CCCOC)C1. The first-order valence-electron chi connectivity index (χ1n) is 6.45. The molecule has 0 saturated heterocycles. The number of hydrogen-bond acceptors (Lipinski definition) is 2. The molecule has 0 amide bonds. The van der Waals surface area contributed by atoms with Crippen molar-refractivity contribution in [3.05, 3.63) is 0 Å². The monoisotopic (exact) mass is 213 g/mol. The number of hydrogen-bond donors (Lipinski definition) is 1. The van der Waals surface area contributed by atoms with Gasteiger partial charge in [-0.3, -0.25) is 0 Å². The molecule has 1 saturated carbocycles. The topological polar surface area (TPSA) is 35.2 Å². The smallest absolute Gasteiger partial charge is 0.0462 e. The van der Waals surface area contributed by atoms with Crippen molar-refractivity contribution in [3.8, 4) is 0 Å². The highest BCUT2D eigenvalue weighted by molar-refractivity contribution is 4.86. The van der Waals surface area contributed by atoms with Crippen molar-refractivity contribution in [2.75, 3.05) is 20.3 Å². The summed E-state index contributed by atoms with van der Waals surface area (Å²) in [5, 5.41) is 0. The average molecular weight is 213 g/mol. The molecule has 0 aromatic carbocycles. The van der Waals surface area contributed by atoms with Crippen LogP contribution in [-0.2, 0) is 4.74 Å². The quantitative estimate of drug-likeness (QED) is 0.688. The fraction of sp³-hybridized carbons (Fsp3) is 1.00. The zero-order valence-electron chi connectivity index (χ0n) is 10.4. The molecule has 0 spiro atoms. The molecule has 0 aromatic rings. The van der Waals surface area contributed by atoms with E-state index in [0.717, 1.165) is 19.1 Å². The molecule has 15 heavy (non-hydrogen) atoms. The minimum absolute atomic E-state index is 0.442.